The summed E-state index contributed by atoms with van der Waals surface area (Å²) >= 11 is 7.73. The number of benzene rings is 3. The van der Waals surface area contributed by atoms with E-state index in [1.807, 2.05) is 41.1 Å². The van der Waals surface area contributed by atoms with E-state index >= 15 is 0 Å². The molecule has 1 heterocycles. The van der Waals surface area contributed by atoms with Gasteiger partial charge in [-0.05, 0) is 58.7 Å². The van der Waals surface area contributed by atoms with Gasteiger partial charge in [0.15, 0.2) is 0 Å². The van der Waals surface area contributed by atoms with Gasteiger partial charge in [0.25, 0.3) is 0 Å². The Bertz CT molecular complexity index is 1060. The molecule has 0 aliphatic heterocycles. The summed E-state index contributed by atoms with van der Waals surface area (Å²) in [6, 6.07) is 24.5. The van der Waals surface area contributed by atoms with Gasteiger partial charge in [-0.25, -0.2) is 0 Å². The zero-order valence-electron chi connectivity index (χ0n) is 15.6. The summed E-state index contributed by atoms with van der Waals surface area (Å²) in [6.45, 7) is 4.15. The van der Waals surface area contributed by atoms with E-state index in [9.17, 15) is 0 Å². The number of aryl methyl sites for hydroxylation is 2. The Morgan fingerprint density at radius 1 is 0.821 bits per heavy atom. The molecular weight excluding hydrogens is 388 g/mol. The van der Waals surface area contributed by atoms with Crippen molar-refractivity contribution in [2.75, 3.05) is 0 Å². The smallest absolute Gasteiger partial charge is 0.187 e. The molecule has 0 aliphatic carbocycles. The molecule has 6 heteroatoms. The SMILES string of the molecule is Cc1cccc(C)c1-n1nnnc1S[C@H](c1ccccc1)c1ccc(Cl)cc1. The molecule has 0 saturated carbocycles. The molecule has 140 valence electrons. The van der Waals surface area contributed by atoms with E-state index in [0.717, 1.165) is 32.6 Å². The van der Waals surface area contributed by atoms with Gasteiger partial charge in [-0.3, -0.25) is 0 Å². The van der Waals surface area contributed by atoms with Crippen LogP contribution in [0.5, 0.6) is 0 Å². The lowest BCUT2D eigenvalue weighted by Gasteiger charge is -2.18. The summed E-state index contributed by atoms with van der Waals surface area (Å²) < 4.78 is 1.83. The molecule has 1 aromatic heterocycles. The Kier molecular flexibility index (Phi) is 5.46. The third kappa shape index (κ3) is 3.81. The predicted molar refractivity (Wildman–Crippen MR) is 114 cm³/mol. The standard InChI is InChI=1S/C22H19ClN4S/c1-15-7-6-8-16(2)20(15)27-22(24-25-26-27)28-21(17-9-4-3-5-10-17)18-11-13-19(23)14-12-18/h3-14,21H,1-2H3/t21-/m1/s1. The number of para-hydroxylation sites is 1. The second-order valence-electron chi connectivity index (χ2n) is 6.57. The molecule has 0 spiro atoms. The summed E-state index contributed by atoms with van der Waals surface area (Å²) in [7, 11) is 0. The Balaban J connectivity index is 1.77. The van der Waals surface area contributed by atoms with Gasteiger partial charge in [-0.2, -0.15) is 4.68 Å². The largest absolute Gasteiger partial charge is 0.215 e. The van der Waals surface area contributed by atoms with Crippen LogP contribution in [-0.4, -0.2) is 20.2 Å². The number of tetrazole rings is 1. The molecule has 0 unspecified atom stereocenters. The van der Waals surface area contributed by atoms with Crippen LogP contribution in [0.4, 0.5) is 0 Å². The summed E-state index contributed by atoms with van der Waals surface area (Å²) in [6.07, 6.45) is 0. The maximum atomic E-state index is 6.10. The molecule has 1 atom stereocenters. The molecule has 0 radical (unpaired) electrons. The molecule has 0 N–H and O–H groups in total. The first-order valence-corrected chi connectivity index (χ1v) is 10.2. The van der Waals surface area contributed by atoms with Crippen molar-refractivity contribution >= 4 is 23.4 Å². The van der Waals surface area contributed by atoms with Crippen molar-refractivity contribution < 1.29 is 0 Å². The van der Waals surface area contributed by atoms with Crippen molar-refractivity contribution in [2.24, 2.45) is 0 Å². The molecule has 4 rings (SSSR count). The van der Waals surface area contributed by atoms with Crippen molar-refractivity contribution in [3.63, 3.8) is 0 Å². The quantitative estimate of drug-likeness (QED) is 0.392. The van der Waals surface area contributed by atoms with E-state index < -0.39 is 0 Å². The zero-order chi connectivity index (χ0) is 19.5. The number of halogens is 1. The summed E-state index contributed by atoms with van der Waals surface area (Å²) in [5.41, 5.74) is 5.63. The lowest BCUT2D eigenvalue weighted by molar-refractivity contribution is 0.746. The fourth-order valence-corrected chi connectivity index (χ4v) is 4.47. The van der Waals surface area contributed by atoms with Gasteiger partial charge in [0.1, 0.15) is 0 Å². The molecule has 3 aromatic carbocycles. The number of thioether (sulfide) groups is 1. The van der Waals surface area contributed by atoms with Crippen molar-refractivity contribution in [2.45, 2.75) is 24.3 Å². The van der Waals surface area contributed by atoms with Gasteiger partial charge >= 0.3 is 0 Å². The van der Waals surface area contributed by atoms with Crippen molar-refractivity contribution in [3.8, 4) is 5.69 Å². The van der Waals surface area contributed by atoms with Gasteiger partial charge in [0.2, 0.25) is 5.16 Å². The fraction of sp³-hybridized carbons (Fsp3) is 0.136. The number of hydrogen-bond acceptors (Lipinski definition) is 4. The monoisotopic (exact) mass is 406 g/mol. The van der Waals surface area contributed by atoms with Crippen LogP contribution in [0.1, 0.15) is 27.5 Å². The van der Waals surface area contributed by atoms with Crippen LogP contribution in [0.15, 0.2) is 78.0 Å². The highest BCUT2D eigenvalue weighted by Gasteiger charge is 2.21. The summed E-state index contributed by atoms with van der Waals surface area (Å²) in [4.78, 5) is 0. The Labute approximate surface area is 173 Å². The first kappa shape index (κ1) is 18.7. The lowest BCUT2D eigenvalue weighted by atomic mass is 10.0. The maximum Gasteiger partial charge on any atom is 0.215 e. The summed E-state index contributed by atoms with van der Waals surface area (Å²) in [5.74, 6) is 0. The Morgan fingerprint density at radius 2 is 1.46 bits per heavy atom. The van der Waals surface area contributed by atoms with Gasteiger partial charge in [0.05, 0.1) is 10.9 Å². The van der Waals surface area contributed by atoms with Crippen LogP contribution < -0.4 is 0 Å². The van der Waals surface area contributed by atoms with Gasteiger partial charge in [0, 0.05) is 5.02 Å². The number of aromatic nitrogens is 4. The highest BCUT2D eigenvalue weighted by molar-refractivity contribution is 7.99. The maximum absolute atomic E-state index is 6.10. The molecule has 0 aliphatic rings. The van der Waals surface area contributed by atoms with Crippen LogP contribution in [0.3, 0.4) is 0 Å². The number of rotatable bonds is 5. The zero-order valence-corrected chi connectivity index (χ0v) is 17.2. The van der Waals surface area contributed by atoms with Crippen molar-refractivity contribution in [3.05, 3.63) is 100 Å². The van der Waals surface area contributed by atoms with E-state index in [1.165, 1.54) is 5.56 Å². The third-order valence-corrected chi connectivity index (χ3v) is 6.09. The van der Waals surface area contributed by atoms with E-state index in [0.29, 0.717) is 0 Å². The van der Waals surface area contributed by atoms with Crippen molar-refractivity contribution in [1.29, 1.82) is 0 Å². The van der Waals surface area contributed by atoms with Crippen LogP contribution in [-0.2, 0) is 0 Å². The molecule has 4 aromatic rings. The summed E-state index contributed by atoms with van der Waals surface area (Å²) in [5, 5.41) is 14.1. The lowest BCUT2D eigenvalue weighted by Crippen LogP contribution is -2.06. The molecule has 0 fully saturated rings. The second kappa shape index (κ2) is 8.17. The first-order valence-electron chi connectivity index (χ1n) is 8.95. The molecule has 28 heavy (non-hydrogen) atoms. The number of nitrogens with zero attached hydrogens (tertiary/aromatic N) is 4. The highest BCUT2D eigenvalue weighted by atomic mass is 35.5. The van der Waals surface area contributed by atoms with Crippen molar-refractivity contribution in [1.82, 2.24) is 20.2 Å². The van der Waals surface area contributed by atoms with Crippen LogP contribution in [0.2, 0.25) is 5.02 Å². The topological polar surface area (TPSA) is 43.6 Å². The van der Waals surface area contributed by atoms with E-state index in [4.69, 9.17) is 11.6 Å². The molecule has 0 saturated heterocycles. The van der Waals surface area contributed by atoms with Crippen LogP contribution in [0.25, 0.3) is 5.69 Å². The Morgan fingerprint density at radius 3 is 2.14 bits per heavy atom. The van der Waals surface area contributed by atoms with E-state index in [2.05, 4.69) is 65.8 Å². The molecular formula is C22H19ClN4S. The molecule has 4 nitrogen and oxygen atoms in total. The molecule has 0 amide bonds. The van der Waals surface area contributed by atoms with Crippen LogP contribution >= 0.6 is 23.4 Å². The number of hydrogen-bond donors (Lipinski definition) is 0. The average molecular weight is 407 g/mol. The minimum Gasteiger partial charge on any atom is -0.187 e. The Hall–Kier alpha value is -2.63. The molecule has 0 bridgehead atoms. The van der Waals surface area contributed by atoms with Gasteiger partial charge in [-0.15, -0.1) is 5.10 Å². The minimum atomic E-state index is 0.0486. The van der Waals surface area contributed by atoms with Gasteiger partial charge < -0.3 is 0 Å². The third-order valence-electron chi connectivity index (χ3n) is 4.59. The fourth-order valence-electron chi connectivity index (χ4n) is 3.23. The van der Waals surface area contributed by atoms with E-state index in [1.54, 1.807) is 11.8 Å². The first-order chi connectivity index (χ1) is 13.6. The normalized spacial score (nSPS) is 12.1. The minimum absolute atomic E-state index is 0.0486. The second-order valence-corrected chi connectivity index (χ2v) is 8.08. The van der Waals surface area contributed by atoms with Crippen LogP contribution in [0, 0.1) is 13.8 Å². The van der Waals surface area contributed by atoms with Gasteiger partial charge in [-0.1, -0.05) is 84.0 Å². The average Bonchev–Trinajstić information content (AvgIpc) is 3.15. The highest BCUT2D eigenvalue weighted by Crippen LogP contribution is 2.40. The van der Waals surface area contributed by atoms with E-state index in [-0.39, 0.29) is 5.25 Å². The predicted octanol–water partition coefficient (Wildman–Crippen LogP) is 5.81.